The highest BCUT2D eigenvalue weighted by atomic mass is 16.2. The summed E-state index contributed by atoms with van der Waals surface area (Å²) in [6.07, 6.45) is 3.76. The molecule has 1 unspecified atom stereocenters. The standard InChI is InChI=1S/C21H25N3O2/c22-19(14-16-8-3-1-4-9-16)20(25)23-18-11-7-10-17(15-18)21(26)24-12-5-2-6-13-24/h1,3-4,7-11,15,19H,2,5-6,12-14,22H2,(H,23,25). The second-order valence-electron chi connectivity index (χ2n) is 6.72. The highest BCUT2D eigenvalue weighted by Crippen LogP contribution is 2.17. The molecular weight excluding hydrogens is 326 g/mol. The maximum atomic E-state index is 12.6. The molecule has 136 valence electrons. The molecule has 1 atom stereocenters. The van der Waals surface area contributed by atoms with Crippen LogP contribution in [0.1, 0.15) is 35.2 Å². The van der Waals surface area contributed by atoms with Crippen LogP contribution in [0.5, 0.6) is 0 Å². The first-order valence-electron chi connectivity index (χ1n) is 9.13. The van der Waals surface area contributed by atoms with Crippen LogP contribution in [-0.4, -0.2) is 35.8 Å². The van der Waals surface area contributed by atoms with Gasteiger partial charge in [0.05, 0.1) is 6.04 Å². The second kappa shape index (κ2) is 8.63. The molecule has 0 radical (unpaired) electrons. The number of carbonyl (C=O) groups is 2. The van der Waals surface area contributed by atoms with Crippen LogP contribution in [0.15, 0.2) is 54.6 Å². The molecule has 1 saturated heterocycles. The van der Waals surface area contributed by atoms with Crippen molar-refractivity contribution in [2.75, 3.05) is 18.4 Å². The maximum absolute atomic E-state index is 12.6. The summed E-state index contributed by atoms with van der Waals surface area (Å²) in [6, 6.07) is 16.1. The average molecular weight is 351 g/mol. The van der Waals surface area contributed by atoms with Crippen LogP contribution in [0.2, 0.25) is 0 Å². The van der Waals surface area contributed by atoms with E-state index in [0.717, 1.165) is 31.5 Å². The summed E-state index contributed by atoms with van der Waals surface area (Å²) in [5.74, 6) is -0.231. The number of anilines is 1. The largest absolute Gasteiger partial charge is 0.339 e. The Bertz CT molecular complexity index is 755. The van der Waals surface area contributed by atoms with Crippen molar-refractivity contribution in [3.63, 3.8) is 0 Å². The highest BCUT2D eigenvalue weighted by molar-refractivity contribution is 5.98. The molecule has 2 aromatic carbocycles. The minimum atomic E-state index is -0.640. The lowest BCUT2D eigenvalue weighted by Gasteiger charge is -2.26. The van der Waals surface area contributed by atoms with E-state index in [1.807, 2.05) is 35.2 Å². The number of benzene rings is 2. The van der Waals surface area contributed by atoms with Crippen LogP contribution in [0, 0.1) is 0 Å². The number of hydrogen-bond acceptors (Lipinski definition) is 3. The molecule has 0 aromatic heterocycles. The summed E-state index contributed by atoms with van der Waals surface area (Å²) in [5, 5.41) is 2.83. The van der Waals surface area contributed by atoms with Gasteiger partial charge in [-0.2, -0.15) is 0 Å². The summed E-state index contributed by atoms with van der Waals surface area (Å²) in [7, 11) is 0. The molecule has 2 amide bonds. The highest BCUT2D eigenvalue weighted by Gasteiger charge is 2.19. The summed E-state index contributed by atoms with van der Waals surface area (Å²) in [5.41, 5.74) is 8.24. The SMILES string of the molecule is NC(Cc1ccccc1)C(=O)Nc1cccc(C(=O)N2CCCCC2)c1. The third kappa shape index (κ3) is 4.70. The molecule has 1 aliphatic rings. The van der Waals surface area contributed by atoms with Gasteiger partial charge in [0.15, 0.2) is 0 Å². The van der Waals surface area contributed by atoms with Crippen LogP contribution < -0.4 is 11.1 Å². The molecule has 26 heavy (non-hydrogen) atoms. The first kappa shape index (κ1) is 18.1. The molecule has 3 N–H and O–H groups in total. The van der Waals surface area contributed by atoms with Gasteiger partial charge in [-0.3, -0.25) is 9.59 Å². The summed E-state index contributed by atoms with van der Waals surface area (Å²) in [4.78, 5) is 26.9. The van der Waals surface area contributed by atoms with Gasteiger partial charge >= 0.3 is 0 Å². The smallest absolute Gasteiger partial charge is 0.253 e. The lowest BCUT2D eigenvalue weighted by Crippen LogP contribution is -2.37. The first-order chi connectivity index (χ1) is 12.6. The lowest BCUT2D eigenvalue weighted by molar-refractivity contribution is -0.117. The Labute approximate surface area is 154 Å². The fourth-order valence-electron chi connectivity index (χ4n) is 3.21. The van der Waals surface area contributed by atoms with Crippen molar-refractivity contribution in [1.82, 2.24) is 4.90 Å². The molecule has 0 aliphatic carbocycles. The zero-order valence-electron chi connectivity index (χ0n) is 14.9. The normalized spacial score (nSPS) is 15.3. The van der Waals surface area contributed by atoms with Crippen LogP contribution in [0.25, 0.3) is 0 Å². The van der Waals surface area contributed by atoms with Gasteiger partial charge in [-0.25, -0.2) is 0 Å². The van der Waals surface area contributed by atoms with E-state index < -0.39 is 6.04 Å². The Hall–Kier alpha value is -2.66. The molecule has 5 nitrogen and oxygen atoms in total. The minimum Gasteiger partial charge on any atom is -0.339 e. The van der Waals surface area contributed by atoms with Gasteiger partial charge in [-0.1, -0.05) is 36.4 Å². The summed E-state index contributed by atoms with van der Waals surface area (Å²) < 4.78 is 0. The van der Waals surface area contributed by atoms with Crippen molar-refractivity contribution in [1.29, 1.82) is 0 Å². The Kier molecular flexibility index (Phi) is 6.02. The first-order valence-corrected chi connectivity index (χ1v) is 9.13. The lowest BCUT2D eigenvalue weighted by atomic mass is 10.1. The number of nitrogens with zero attached hydrogens (tertiary/aromatic N) is 1. The van der Waals surface area contributed by atoms with E-state index in [-0.39, 0.29) is 11.8 Å². The number of piperidine rings is 1. The van der Waals surface area contributed by atoms with E-state index in [0.29, 0.717) is 17.7 Å². The van der Waals surface area contributed by atoms with Crippen molar-refractivity contribution in [2.45, 2.75) is 31.7 Å². The van der Waals surface area contributed by atoms with Crippen LogP contribution in [0.4, 0.5) is 5.69 Å². The van der Waals surface area contributed by atoms with E-state index in [1.165, 1.54) is 6.42 Å². The number of likely N-dealkylation sites (tertiary alicyclic amines) is 1. The molecular formula is C21H25N3O2. The van der Waals surface area contributed by atoms with E-state index in [9.17, 15) is 9.59 Å². The molecule has 3 rings (SSSR count). The average Bonchev–Trinajstić information content (AvgIpc) is 2.69. The third-order valence-electron chi connectivity index (χ3n) is 4.66. The van der Waals surface area contributed by atoms with Crippen molar-refractivity contribution >= 4 is 17.5 Å². The number of amides is 2. The Morgan fingerprint density at radius 1 is 1.00 bits per heavy atom. The van der Waals surface area contributed by atoms with Crippen LogP contribution in [-0.2, 0) is 11.2 Å². The van der Waals surface area contributed by atoms with Crippen molar-refractivity contribution < 1.29 is 9.59 Å². The third-order valence-corrected chi connectivity index (χ3v) is 4.66. The molecule has 0 spiro atoms. The topological polar surface area (TPSA) is 75.4 Å². The molecule has 1 heterocycles. The summed E-state index contributed by atoms with van der Waals surface area (Å²) in [6.45, 7) is 1.61. The summed E-state index contributed by atoms with van der Waals surface area (Å²) >= 11 is 0. The number of hydrogen-bond donors (Lipinski definition) is 2. The predicted octanol–water partition coefficient (Wildman–Crippen LogP) is 2.82. The quantitative estimate of drug-likeness (QED) is 0.870. The van der Waals surface area contributed by atoms with E-state index >= 15 is 0 Å². The monoisotopic (exact) mass is 351 g/mol. The Morgan fingerprint density at radius 2 is 1.73 bits per heavy atom. The Morgan fingerprint density at radius 3 is 2.46 bits per heavy atom. The van der Waals surface area contributed by atoms with Gasteiger partial charge in [-0.15, -0.1) is 0 Å². The van der Waals surface area contributed by atoms with E-state index in [4.69, 9.17) is 5.73 Å². The predicted molar refractivity (Wildman–Crippen MR) is 103 cm³/mol. The zero-order valence-corrected chi connectivity index (χ0v) is 14.9. The van der Waals surface area contributed by atoms with Crippen LogP contribution >= 0.6 is 0 Å². The molecule has 1 aliphatic heterocycles. The van der Waals surface area contributed by atoms with Crippen molar-refractivity contribution in [3.05, 3.63) is 65.7 Å². The van der Waals surface area contributed by atoms with Crippen molar-refractivity contribution in [2.24, 2.45) is 5.73 Å². The Balaban J connectivity index is 1.62. The molecule has 5 heteroatoms. The van der Waals surface area contributed by atoms with Crippen molar-refractivity contribution in [3.8, 4) is 0 Å². The number of nitrogens with two attached hydrogens (primary N) is 1. The zero-order chi connectivity index (χ0) is 18.4. The van der Waals surface area contributed by atoms with Gasteiger partial charge in [-0.05, 0) is 49.4 Å². The van der Waals surface area contributed by atoms with Gasteiger partial charge in [0, 0.05) is 24.3 Å². The molecule has 2 aromatic rings. The number of carbonyl (C=O) groups excluding carboxylic acids is 2. The van der Waals surface area contributed by atoms with E-state index in [1.54, 1.807) is 24.3 Å². The fourth-order valence-corrected chi connectivity index (χ4v) is 3.21. The molecule has 0 bridgehead atoms. The van der Waals surface area contributed by atoms with Gasteiger partial charge in [0.25, 0.3) is 5.91 Å². The molecule has 0 saturated carbocycles. The van der Waals surface area contributed by atoms with Crippen LogP contribution in [0.3, 0.4) is 0 Å². The fraction of sp³-hybridized carbons (Fsp3) is 0.333. The minimum absolute atomic E-state index is 0.0226. The number of nitrogens with one attached hydrogen (secondary N) is 1. The van der Waals surface area contributed by atoms with Gasteiger partial charge in [0.1, 0.15) is 0 Å². The van der Waals surface area contributed by atoms with Gasteiger partial charge in [0.2, 0.25) is 5.91 Å². The number of rotatable bonds is 5. The van der Waals surface area contributed by atoms with Gasteiger partial charge < -0.3 is 16.0 Å². The van der Waals surface area contributed by atoms with E-state index in [2.05, 4.69) is 5.32 Å². The molecule has 1 fully saturated rings. The second-order valence-corrected chi connectivity index (χ2v) is 6.72. The maximum Gasteiger partial charge on any atom is 0.253 e.